The van der Waals surface area contributed by atoms with Crippen molar-refractivity contribution in [3.63, 3.8) is 0 Å². The van der Waals surface area contributed by atoms with E-state index < -0.39 is 11.8 Å². The summed E-state index contributed by atoms with van der Waals surface area (Å²) in [7, 11) is 0. The fourth-order valence-corrected chi connectivity index (χ4v) is 2.96. The van der Waals surface area contributed by atoms with Crippen molar-refractivity contribution >= 4 is 23.2 Å². The van der Waals surface area contributed by atoms with Crippen LogP contribution in [0.15, 0.2) is 34.9 Å². The maximum atomic E-state index is 12.4. The highest BCUT2D eigenvalue weighted by atomic mass is 16.5. The van der Waals surface area contributed by atoms with E-state index in [2.05, 4.69) is 15.8 Å². The number of para-hydroxylation sites is 1. The van der Waals surface area contributed by atoms with Crippen LogP contribution in [-0.4, -0.2) is 41.0 Å². The third-order valence-electron chi connectivity index (χ3n) is 4.31. The quantitative estimate of drug-likeness (QED) is 0.832. The van der Waals surface area contributed by atoms with Crippen molar-refractivity contribution in [1.29, 1.82) is 0 Å². The molecule has 2 amide bonds. The Bertz CT molecular complexity index is 757. The van der Waals surface area contributed by atoms with E-state index in [4.69, 9.17) is 4.52 Å². The molecule has 0 spiro atoms. The lowest BCUT2D eigenvalue weighted by Crippen LogP contribution is -2.39. The Labute approximate surface area is 146 Å². The van der Waals surface area contributed by atoms with E-state index in [0.29, 0.717) is 36.7 Å². The van der Waals surface area contributed by atoms with Crippen LogP contribution in [0.25, 0.3) is 0 Å². The van der Waals surface area contributed by atoms with Gasteiger partial charge in [-0.1, -0.05) is 30.3 Å². The van der Waals surface area contributed by atoms with Gasteiger partial charge < -0.3 is 20.1 Å². The van der Waals surface area contributed by atoms with Gasteiger partial charge in [-0.05, 0) is 25.5 Å². The molecule has 1 aliphatic heterocycles. The molecule has 2 N–H and O–H groups in total. The molecule has 0 saturated carbocycles. The van der Waals surface area contributed by atoms with E-state index in [0.717, 1.165) is 12.1 Å². The minimum Gasteiger partial charge on any atom is -0.380 e. The molecule has 132 valence electrons. The average molecular weight is 342 g/mol. The van der Waals surface area contributed by atoms with E-state index in [9.17, 15) is 9.59 Å². The first kappa shape index (κ1) is 17.0. The maximum Gasteiger partial charge on any atom is 0.314 e. The van der Waals surface area contributed by atoms with Crippen LogP contribution in [0.5, 0.6) is 0 Å². The van der Waals surface area contributed by atoms with Crippen molar-refractivity contribution in [1.82, 2.24) is 10.1 Å². The second kappa shape index (κ2) is 7.38. The van der Waals surface area contributed by atoms with Crippen LogP contribution in [0.1, 0.15) is 24.8 Å². The van der Waals surface area contributed by atoms with Crippen molar-refractivity contribution in [2.24, 2.45) is 0 Å². The highest BCUT2D eigenvalue weighted by molar-refractivity contribution is 6.39. The molecule has 1 saturated heterocycles. The molecular formula is C18H22N4O3. The van der Waals surface area contributed by atoms with E-state index in [1.165, 1.54) is 0 Å². The molecule has 7 nitrogen and oxygen atoms in total. The van der Waals surface area contributed by atoms with Gasteiger partial charge in [-0.15, -0.1) is 0 Å². The first-order valence-electron chi connectivity index (χ1n) is 8.45. The molecule has 3 rings (SSSR count). The van der Waals surface area contributed by atoms with Gasteiger partial charge in [0, 0.05) is 31.2 Å². The summed E-state index contributed by atoms with van der Waals surface area (Å²) >= 11 is 0. The van der Waals surface area contributed by atoms with Gasteiger partial charge in [0.15, 0.2) is 5.76 Å². The van der Waals surface area contributed by atoms with E-state index in [-0.39, 0.29) is 6.04 Å². The molecular weight excluding hydrogens is 320 g/mol. The number of amides is 2. The average Bonchev–Trinajstić information content (AvgIpc) is 3.22. The van der Waals surface area contributed by atoms with Crippen molar-refractivity contribution in [2.75, 3.05) is 23.7 Å². The molecule has 7 heteroatoms. The molecule has 1 unspecified atom stereocenters. The van der Waals surface area contributed by atoms with E-state index in [1.807, 2.05) is 37.3 Å². The number of aryl methyl sites for hydroxylation is 2. The molecule has 1 aromatic heterocycles. The fraction of sp³-hybridized carbons (Fsp3) is 0.389. The van der Waals surface area contributed by atoms with Gasteiger partial charge in [-0.2, -0.15) is 0 Å². The Hall–Kier alpha value is -2.83. The molecule has 1 atom stereocenters. The number of nitrogens with one attached hydrogen (secondary N) is 2. The second-order valence-electron chi connectivity index (χ2n) is 6.12. The smallest absolute Gasteiger partial charge is 0.314 e. The summed E-state index contributed by atoms with van der Waals surface area (Å²) in [5.41, 5.74) is 2.08. The second-order valence-corrected chi connectivity index (χ2v) is 6.12. The van der Waals surface area contributed by atoms with Crippen LogP contribution >= 0.6 is 0 Å². The topological polar surface area (TPSA) is 87.5 Å². The third kappa shape index (κ3) is 3.81. The van der Waals surface area contributed by atoms with Crippen LogP contribution in [0, 0.1) is 6.92 Å². The third-order valence-corrected chi connectivity index (χ3v) is 4.31. The van der Waals surface area contributed by atoms with E-state index >= 15 is 0 Å². The summed E-state index contributed by atoms with van der Waals surface area (Å²) in [6.45, 7) is 4.70. The van der Waals surface area contributed by atoms with Crippen LogP contribution < -0.4 is 10.6 Å². The summed E-state index contributed by atoms with van der Waals surface area (Å²) in [6.07, 6.45) is 1.40. The molecule has 1 fully saturated rings. The predicted octanol–water partition coefficient (Wildman–Crippen LogP) is 2.20. The molecule has 25 heavy (non-hydrogen) atoms. The zero-order valence-electron chi connectivity index (χ0n) is 14.4. The van der Waals surface area contributed by atoms with Crippen LogP contribution in [0.3, 0.4) is 0 Å². The highest BCUT2D eigenvalue weighted by Gasteiger charge is 2.31. The molecule has 2 heterocycles. The van der Waals surface area contributed by atoms with Gasteiger partial charge in [0.25, 0.3) is 0 Å². The summed E-state index contributed by atoms with van der Waals surface area (Å²) in [6, 6.07) is 9.98. The number of carbonyl (C=O) groups is 2. The molecule has 0 bridgehead atoms. The number of anilines is 2. The predicted molar refractivity (Wildman–Crippen MR) is 94.3 cm³/mol. The first-order chi connectivity index (χ1) is 12.1. The van der Waals surface area contributed by atoms with Gasteiger partial charge >= 0.3 is 11.8 Å². The van der Waals surface area contributed by atoms with Crippen molar-refractivity contribution in [3.8, 4) is 0 Å². The minimum absolute atomic E-state index is 0.141. The maximum absolute atomic E-state index is 12.4. The SMILES string of the molecule is CCc1onc(C)c1NC(=O)C(=O)N1CCC(Nc2ccccc2)C1. The number of hydrogen-bond acceptors (Lipinski definition) is 5. The lowest BCUT2D eigenvalue weighted by atomic mass is 10.2. The number of likely N-dealkylation sites (tertiary alicyclic amines) is 1. The van der Waals surface area contributed by atoms with Crippen molar-refractivity contribution < 1.29 is 14.1 Å². The molecule has 1 aromatic carbocycles. The first-order valence-corrected chi connectivity index (χ1v) is 8.45. The minimum atomic E-state index is -0.652. The number of carbonyl (C=O) groups excluding carboxylic acids is 2. The summed E-state index contributed by atoms with van der Waals surface area (Å²) < 4.78 is 5.13. The number of hydrogen-bond donors (Lipinski definition) is 2. The van der Waals surface area contributed by atoms with Crippen LogP contribution in [0.4, 0.5) is 11.4 Å². The van der Waals surface area contributed by atoms with Gasteiger partial charge in [0.05, 0.1) is 0 Å². The van der Waals surface area contributed by atoms with Crippen molar-refractivity contribution in [3.05, 3.63) is 41.8 Å². The molecule has 0 aliphatic carbocycles. The van der Waals surface area contributed by atoms with Gasteiger partial charge in [-0.25, -0.2) is 0 Å². The van der Waals surface area contributed by atoms with Crippen LogP contribution in [0.2, 0.25) is 0 Å². The molecule has 0 radical (unpaired) electrons. The Balaban J connectivity index is 1.58. The lowest BCUT2D eigenvalue weighted by Gasteiger charge is -2.17. The summed E-state index contributed by atoms with van der Waals surface area (Å²) in [5.74, 6) is -0.606. The Morgan fingerprint density at radius 1 is 1.32 bits per heavy atom. The number of benzene rings is 1. The lowest BCUT2D eigenvalue weighted by molar-refractivity contribution is -0.142. The molecule has 1 aliphatic rings. The monoisotopic (exact) mass is 342 g/mol. The summed E-state index contributed by atoms with van der Waals surface area (Å²) in [5, 5.41) is 9.86. The highest BCUT2D eigenvalue weighted by Crippen LogP contribution is 2.21. The number of aromatic nitrogens is 1. The standard InChI is InChI=1S/C18H22N4O3/c1-3-15-16(12(2)21-25-15)20-17(23)18(24)22-10-9-14(11-22)19-13-7-5-4-6-8-13/h4-8,14,19H,3,9-11H2,1-2H3,(H,20,23). The van der Waals surface area contributed by atoms with Crippen LogP contribution in [-0.2, 0) is 16.0 Å². The Morgan fingerprint density at radius 2 is 2.08 bits per heavy atom. The van der Waals surface area contributed by atoms with Gasteiger partial charge in [-0.3, -0.25) is 9.59 Å². The van der Waals surface area contributed by atoms with E-state index in [1.54, 1.807) is 11.8 Å². The largest absolute Gasteiger partial charge is 0.380 e. The number of rotatable bonds is 4. The number of nitrogens with zero attached hydrogens (tertiary/aromatic N) is 2. The zero-order valence-corrected chi connectivity index (χ0v) is 14.4. The fourth-order valence-electron chi connectivity index (χ4n) is 2.96. The normalized spacial score (nSPS) is 16.7. The zero-order chi connectivity index (χ0) is 17.8. The van der Waals surface area contributed by atoms with Crippen molar-refractivity contribution in [2.45, 2.75) is 32.7 Å². The summed E-state index contributed by atoms with van der Waals surface area (Å²) in [4.78, 5) is 26.3. The Kier molecular flexibility index (Phi) is 5.02. The molecule has 2 aromatic rings. The Morgan fingerprint density at radius 3 is 2.80 bits per heavy atom. The van der Waals surface area contributed by atoms with Gasteiger partial charge in [0.2, 0.25) is 0 Å². The van der Waals surface area contributed by atoms with Gasteiger partial charge in [0.1, 0.15) is 11.4 Å².